The summed E-state index contributed by atoms with van der Waals surface area (Å²) in [7, 11) is -0.830. The molecular weight excluding hydrogens is 536 g/mol. The minimum atomic E-state index is -2.51. The molecule has 0 N–H and O–H groups in total. The third-order valence-corrected chi connectivity index (χ3v) is 13.0. The molecular formula is C37H48O4Si. The van der Waals surface area contributed by atoms with Gasteiger partial charge in [0.25, 0.3) is 8.32 Å². The van der Waals surface area contributed by atoms with Crippen LogP contribution >= 0.6 is 0 Å². The van der Waals surface area contributed by atoms with E-state index in [0.717, 1.165) is 43.6 Å². The van der Waals surface area contributed by atoms with Gasteiger partial charge in [-0.3, -0.25) is 0 Å². The Labute approximate surface area is 254 Å². The number of benzene rings is 3. The summed E-state index contributed by atoms with van der Waals surface area (Å²) in [6.45, 7) is 10.7. The van der Waals surface area contributed by atoms with Crippen LogP contribution in [-0.4, -0.2) is 40.3 Å². The summed E-state index contributed by atoms with van der Waals surface area (Å²) in [5, 5.41) is 2.66. The van der Waals surface area contributed by atoms with Crippen molar-refractivity contribution < 1.29 is 18.6 Å². The maximum atomic E-state index is 7.22. The third-order valence-electron chi connectivity index (χ3n) is 7.87. The molecule has 224 valence electrons. The lowest BCUT2D eigenvalue weighted by Crippen LogP contribution is -2.67. The largest absolute Gasteiger partial charge is 0.497 e. The van der Waals surface area contributed by atoms with E-state index in [0.29, 0.717) is 12.7 Å². The number of rotatable bonds is 16. The first-order valence-electron chi connectivity index (χ1n) is 15.3. The van der Waals surface area contributed by atoms with Crippen molar-refractivity contribution >= 4 is 18.7 Å². The van der Waals surface area contributed by atoms with Crippen molar-refractivity contribution in [3.63, 3.8) is 0 Å². The highest BCUT2D eigenvalue weighted by atomic mass is 28.4. The predicted octanol–water partition coefficient (Wildman–Crippen LogP) is 7.62. The Kier molecular flexibility index (Phi) is 11.8. The summed E-state index contributed by atoms with van der Waals surface area (Å²) in [5.41, 5.74) is 1.14. The average Bonchev–Trinajstić information content (AvgIpc) is 3.82. The van der Waals surface area contributed by atoms with Gasteiger partial charge in [0.2, 0.25) is 0 Å². The van der Waals surface area contributed by atoms with Crippen LogP contribution in [0.2, 0.25) is 5.04 Å². The smallest absolute Gasteiger partial charge is 0.261 e. The van der Waals surface area contributed by atoms with E-state index in [4.69, 9.17) is 18.6 Å². The zero-order chi connectivity index (χ0) is 29.8. The fourth-order valence-electron chi connectivity index (χ4n) is 5.53. The normalized spacial score (nSPS) is 17.0. The van der Waals surface area contributed by atoms with Crippen LogP contribution in [-0.2, 0) is 20.5 Å². The Morgan fingerprint density at radius 2 is 1.52 bits per heavy atom. The maximum absolute atomic E-state index is 7.22. The number of allylic oxidation sites excluding steroid dienone is 3. The maximum Gasteiger partial charge on any atom is 0.261 e. The second kappa shape index (κ2) is 15.5. The molecule has 1 fully saturated rings. The minimum absolute atomic E-state index is 0.00778. The topological polar surface area (TPSA) is 40.2 Å². The number of epoxide rings is 1. The van der Waals surface area contributed by atoms with Gasteiger partial charge in [0.1, 0.15) is 5.75 Å². The zero-order valence-corrected chi connectivity index (χ0v) is 27.0. The van der Waals surface area contributed by atoms with E-state index in [-0.39, 0.29) is 17.2 Å². The van der Waals surface area contributed by atoms with Crippen LogP contribution in [0.5, 0.6) is 5.75 Å². The Hall–Kier alpha value is -2.96. The molecule has 42 heavy (non-hydrogen) atoms. The molecule has 0 spiro atoms. The summed E-state index contributed by atoms with van der Waals surface area (Å²) in [4.78, 5) is 0. The molecule has 0 aliphatic carbocycles. The second-order valence-corrected chi connectivity index (χ2v) is 16.5. The second-order valence-electron chi connectivity index (χ2n) is 12.2. The summed E-state index contributed by atoms with van der Waals surface area (Å²) < 4.78 is 24.1. The molecule has 1 saturated heterocycles. The van der Waals surface area contributed by atoms with Crippen molar-refractivity contribution in [3.8, 4) is 5.75 Å². The van der Waals surface area contributed by atoms with E-state index in [1.54, 1.807) is 7.11 Å². The summed E-state index contributed by atoms with van der Waals surface area (Å²) in [5.74, 6) is 0.857. The lowest BCUT2D eigenvalue weighted by atomic mass is 10.1. The van der Waals surface area contributed by atoms with Crippen molar-refractivity contribution in [1.29, 1.82) is 0 Å². The van der Waals surface area contributed by atoms with E-state index in [1.807, 2.05) is 24.3 Å². The first-order chi connectivity index (χ1) is 20.3. The number of unbranched alkanes of at least 4 members (excludes halogenated alkanes) is 1. The molecule has 1 aliphatic rings. The van der Waals surface area contributed by atoms with Crippen molar-refractivity contribution in [2.24, 2.45) is 0 Å². The fourth-order valence-corrected chi connectivity index (χ4v) is 10.3. The number of hydrogen-bond donors (Lipinski definition) is 0. The van der Waals surface area contributed by atoms with Gasteiger partial charge in [-0.05, 0) is 59.3 Å². The van der Waals surface area contributed by atoms with Gasteiger partial charge in [-0.25, -0.2) is 0 Å². The van der Waals surface area contributed by atoms with Gasteiger partial charge in [-0.1, -0.05) is 118 Å². The average molecular weight is 585 g/mol. The van der Waals surface area contributed by atoms with Crippen molar-refractivity contribution in [2.75, 3.05) is 13.7 Å². The Morgan fingerprint density at radius 1 is 0.905 bits per heavy atom. The molecule has 5 heteroatoms. The van der Waals surface area contributed by atoms with Gasteiger partial charge in [0.05, 0.1) is 32.5 Å². The first-order valence-corrected chi connectivity index (χ1v) is 17.2. The lowest BCUT2D eigenvalue weighted by Gasteiger charge is -2.44. The summed E-state index contributed by atoms with van der Waals surface area (Å²) in [6.07, 6.45) is 13.2. The molecule has 4 rings (SSSR count). The molecule has 0 radical (unpaired) electrons. The molecule has 0 bridgehead atoms. The number of methoxy groups -OCH3 is 1. The Bertz CT molecular complexity index is 1200. The molecule has 0 amide bonds. The van der Waals surface area contributed by atoms with Crippen molar-refractivity contribution in [3.05, 3.63) is 115 Å². The van der Waals surface area contributed by atoms with Crippen LogP contribution in [0.4, 0.5) is 0 Å². The highest BCUT2D eigenvalue weighted by Gasteiger charge is 2.50. The van der Waals surface area contributed by atoms with Crippen LogP contribution in [0.15, 0.2) is 109 Å². The minimum Gasteiger partial charge on any atom is -0.497 e. The highest BCUT2D eigenvalue weighted by molar-refractivity contribution is 6.99. The zero-order valence-electron chi connectivity index (χ0n) is 26.0. The van der Waals surface area contributed by atoms with Crippen LogP contribution in [0.25, 0.3) is 0 Å². The summed E-state index contributed by atoms with van der Waals surface area (Å²) >= 11 is 0. The molecule has 3 aromatic rings. The molecule has 4 nitrogen and oxygen atoms in total. The molecule has 0 saturated carbocycles. The predicted molar refractivity (Wildman–Crippen MR) is 176 cm³/mol. The lowest BCUT2D eigenvalue weighted by molar-refractivity contribution is 0.0613. The molecule has 3 atom stereocenters. The molecule has 0 aromatic heterocycles. The first kappa shape index (κ1) is 32.0. The number of hydrogen-bond acceptors (Lipinski definition) is 4. The van der Waals surface area contributed by atoms with Gasteiger partial charge in [0, 0.05) is 12.5 Å². The van der Waals surface area contributed by atoms with Gasteiger partial charge in [-0.15, -0.1) is 0 Å². The van der Waals surface area contributed by atoms with Crippen LogP contribution in [0, 0.1) is 0 Å². The third kappa shape index (κ3) is 9.02. The van der Waals surface area contributed by atoms with Gasteiger partial charge in [0.15, 0.2) is 0 Å². The monoisotopic (exact) mass is 584 g/mol. The summed E-state index contributed by atoms with van der Waals surface area (Å²) in [6, 6.07) is 29.8. The highest BCUT2D eigenvalue weighted by Crippen LogP contribution is 2.38. The van der Waals surface area contributed by atoms with Gasteiger partial charge in [-0.2, -0.15) is 0 Å². The van der Waals surface area contributed by atoms with E-state index in [2.05, 4.69) is 113 Å². The standard InChI is InChI=1S/C37H48O4Si/c1-30(41-42(37(2,3)4,35-19-13-9-14-20-35)36-21-15-10-16-22-36)17-11-7-6-8-12-18-33(27-34-29-40-34)39-28-31-23-25-32(38-5)26-24-31/h6,8-10,12-16,18-26,30,33-34H,7,11,17,27-29H2,1-5H3/b8-6+,18-12+/t30-,33+,34-/m1/s1. The number of ether oxygens (including phenoxy) is 3. The Balaban J connectivity index is 1.30. The molecule has 1 aliphatic heterocycles. The Morgan fingerprint density at radius 3 is 2.07 bits per heavy atom. The molecule has 1 heterocycles. The van der Waals surface area contributed by atoms with E-state index >= 15 is 0 Å². The SMILES string of the molecule is COc1ccc(CO[C@@H](/C=C/C=C/CCC[C@@H](C)O[Si](c2ccccc2)(c2ccccc2)C(C)(C)C)C[C@@H]2CO2)cc1. The van der Waals surface area contributed by atoms with E-state index in [9.17, 15) is 0 Å². The van der Waals surface area contributed by atoms with E-state index in [1.165, 1.54) is 10.4 Å². The molecule has 0 unspecified atom stereocenters. The van der Waals surface area contributed by atoms with Crippen molar-refractivity contribution in [2.45, 2.75) is 83.3 Å². The van der Waals surface area contributed by atoms with Gasteiger partial charge < -0.3 is 18.6 Å². The quantitative estimate of drug-likeness (QED) is 0.0752. The fraction of sp³-hybridized carbons (Fsp3) is 0.405. The molecule has 3 aromatic carbocycles. The van der Waals surface area contributed by atoms with Crippen LogP contribution in [0.1, 0.15) is 58.9 Å². The van der Waals surface area contributed by atoms with Crippen LogP contribution in [0.3, 0.4) is 0 Å². The van der Waals surface area contributed by atoms with E-state index < -0.39 is 8.32 Å². The van der Waals surface area contributed by atoms with Crippen LogP contribution < -0.4 is 15.1 Å². The van der Waals surface area contributed by atoms with Crippen molar-refractivity contribution in [1.82, 2.24) is 0 Å². The van der Waals surface area contributed by atoms with Gasteiger partial charge >= 0.3 is 0 Å².